The molecule has 0 radical (unpaired) electrons. The molecule has 6 heteroatoms. The molecular formula is C25H30O6. The van der Waals surface area contributed by atoms with Crippen LogP contribution in [0, 0.1) is 17.8 Å². The van der Waals surface area contributed by atoms with E-state index in [1.54, 1.807) is 6.07 Å². The normalized spacial score (nSPS) is 37.7. The van der Waals surface area contributed by atoms with E-state index in [9.17, 15) is 15.0 Å². The monoisotopic (exact) mass is 426 g/mol. The van der Waals surface area contributed by atoms with E-state index in [2.05, 4.69) is 39.8 Å². The molecule has 1 saturated heterocycles. The molecule has 6 unspecified atom stereocenters. The zero-order valence-corrected chi connectivity index (χ0v) is 18.4. The second-order valence-electron chi connectivity index (χ2n) is 10.4. The van der Waals surface area contributed by atoms with Gasteiger partial charge in [-0.05, 0) is 58.2 Å². The van der Waals surface area contributed by atoms with E-state index in [1.807, 2.05) is 0 Å². The maximum Gasteiger partial charge on any atom is 0.175 e. The fraction of sp³-hybridized carbons (Fsp3) is 0.560. The number of aromatic hydroxyl groups is 2. The van der Waals surface area contributed by atoms with Crippen molar-refractivity contribution in [2.24, 2.45) is 17.8 Å². The van der Waals surface area contributed by atoms with Crippen molar-refractivity contribution < 1.29 is 29.2 Å². The Balaban J connectivity index is 1.57. The van der Waals surface area contributed by atoms with Crippen molar-refractivity contribution in [3.63, 3.8) is 0 Å². The van der Waals surface area contributed by atoms with E-state index >= 15 is 0 Å². The van der Waals surface area contributed by atoms with Gasteiger partial charge in [0.1, 0.15) is 6.10 Å². The van der Waals surface area contributed by atoms with Gasteiger partial charge in [-0.15, -0.1) is 0 Å². The molecule has 31 heavy (non-hydrogen) atoms. The van der Waals surface area contributed by atoms with Gasteiger partial charge in [0.15, 0.2) is 17.3 Å². The van der Waals surface area contributed by atoms with Crippen molar-refractivity contribution in [3.8, 4) is 11.5 Å². The van der Waals surface area contributed by atoms with Crippen LogP contribution in [0.4, 0.5) is 0 Å². The molecule has 2 fully saturated rings. The minimum Gasteiger partial charge on any atom is -0.504 e. The minimum atomic E-state index is -0.462. The van der Waals surface area contributed by atoms with Gasteiger partial charge in [-0.1, -0.05) is 18.2 Å². The first-order valence-corrected chi connectivity index (χ1v) is 11.0. The van der Waals surface area contributed by atoms with Gasteiger partial charge in [0.2, 0.25) is 0 Å². The van der Waals surface area contributed by atoms with Crippen LogP contribution in [-0.2, 0) is 19.0 Å². The molecule has 6 atom stereocenters. The van der Waals surface area contributed by atoms with Gasteiger partial charge in [-0.2, -0.15) is 0 Å². The lowest BCUT2D eigenvalue weighted by Gasteiger charge is -2.57. The van der Waals surface area contributed by atoms with Crippen molar-refractivity contribution in [2.45, 2.75) is 70.1 Å². The van der Waals surface area contributed by atoms with Gasteiger partial charge in [0, 0.05) is 11.8 Å². The number of benzene rings is 1. The molecule has 1 aromatic carbocycles. The number of rotatable bonds is 1. The summed E-state index contributed by atoms with van der Waals surface area (Å²) in [5.74, 6) is -0.933. The van der Waals surface area contributed by atoms with Crippen molar-refractivity contribution >= 4 is 11.4 Å². The Hall–Kier alpha value is -2.31. The zero-order valence-electron chi connectivity index (χ0n) is 18.4. The highest BCUT2D eigenvalue weighted by molar-refractivity contribution is 6.22. The second-order valence-corrected chi connectivity index (χ2v) is 10.4. The van der Waals surface area contributed by atoms with Crippen LogP contribution in [0.1, 0.15) is 46.1 Å². The highest BCUT2D eigenvalue weighted by atomic mass is 16.5. The molecule has 3 heterocycles. The molecule has 2 N–H and O–H groups in total. The molecule has 0 aromatic heterocycles. The summed E-state index contributed by atoms with van der Waals surface area (Å²) in [5, 5.41) is 19.6. The number of hydrogen-bond acceptors (Lipinski definition) is 6. The third kappa shape index (κ3) is 3.37. The lowest BCUT2D eigenvalue weighted by atomic mass is 9.62. The summed E-state index contributed by atoms with van der Waals surface area (Å²) in [4.78, 5) is 13.8. The Labute approximate surface area is 182 Å². The Bertz CT molecular complexity index is 974. The van der Waals surface area contributed by atoms with Gasteiger partial charge in [0.05, 0.1) is 41.2 Å². The third-order valence-electron chi connectivity index (χ3n) is 7.20. The summed E-state index contributed by atoms with van der Waals surface area (Å²) in [7, 11) is 0. The number of carbonyl (C=O) groups is 1. The molecule has 5 rings (SSSR count). The van der Waals surface area contributed by atoms with E-state index < -0.39 is 5.92 Å². The number of phenolic OH excluding ortho intramolecular Hbond substituents is 2. The molecule has 1 aromatic rings. The Morgan fingerprint density at radius 2 is 1.77 bits per heavy atom. The van der Waals surface area contributed by atoms with E-state index in [1.165, 1.54) is 18.4 Å². The molecule has 166 valence electrons. The first-order chi connectivity index (χ1) is 14.6. The van der Waals surface area contributed by atoms with Gasteiger partial charge in [-0.25, -0.2) is 0 Å². The summed E-state index contributed by atoms with van der Waals surface area (Å²) in [5.41, 5.74) is 0.219. The molecule has 1 saturated carbocycles. The SMILES string of the molecule is CC1(C)C=CC2C(O1)C1CCC(C)(C)OC1C1C(=O)C(c3ccc(O)c(O)c3)=COC21. The Morgan fingerprint density at radius 1 is 1.00 bits per heavy atom. The summed E-state index contributed by atoms with van der Waals surface area (Å²) in [6, 6.07) is 4.39. The largest absolute Gasteiger partial charge is 0.504 e. The first-order valence-electron chi connectivity index (χ1n) is 11.0. The fourth-order valence-electron chi connectivity index (χ4n) is 5.66. The number of hydrogen-bond donors (Lipinski definition) is 2. The Kier molecular flexibility index (Phi) is 4.54. The van der Waals surface area contributed by atoms with Crippen LogP contribution in [-0.4, -0.2) is 45.5 Å². The van der Waals surface area contributed by atoms with Crippen LogP contribution in [0.25, 0.3) is 5.57 Å². The lowest BCUT2D eigenvalue weighted by Crippen LogP contribution is -2.64. The minimum absolute atomic E-state index is 0.0287. The lowest BCUT2D eigenvalue weighted by molar-refractivity contribution is -0.247. The van der Waals surface area contributed by atoms with Gasteiger partial charge >= 0.3 is 0 Å². The van der Waals surface area contributed by atoms with E-state index in [4.69, 9.17) is 14.2 Å². The standard InChI is InChI=1S/C25H30O6/c1-24(2)9-7-14-21(30-24)15-8-10-25(3,4)31-23(15)19-20(28)16(12-29-22(14)19)13-5-6-17(26)18(27)11-13/h5-7,9,11-12,14-15,19,21-23,26-27H,8,10H2,1-4H3. The van der Waals surface area contributed by atoms with Crippen molar-refractivity contribution in [1.29, 1.82) is 0 Å². The third-order valence-corrected chi connectivity index (χ3v) is 7.20. The average molecular weight is 427 g/mol. The highest BCUT2D eigenvalue weighted by Gasteiger charge is 2.60. The van der Waals surface area contributed by atoms with Crippen LogP contribution in [0.5, 0.6) is 11.5 Å². The van der Waals surface area contributed by atoms with Crippen LogP contribution in [0.3, 0.4) is 0 Å². The van der Waals surface area contributed by atoms with E-state index in [0.717, 1.165) is 12.8 Å². The van der Waals surface area contributed by atoms with Gasteiger partial charge in [-0.3, -0.25) is 4.79 Å². The molecule has 0 amide bonds. The number of carbonyl (C=O) groups excluding carboxylic acids is 1. The number of Topliss-reactive ketones (excluding diaryl/α,β-unsaturated/α-hetero) is 1. The maximum absolute atomic E-state index is 13.8. The van der Waals surface area contributed by atoms with Crippen molar-refractivity contribution in [3.05, 3.63) is 42.2 Å². The predicted molar refractivity (Wildman–Crippen MR) is 114 cm³/mol. The molecular weight excluding hydrogens is 396 g/mol. The summed E-state index contributed by atoms with van der Waals surface area (Å²) < 4.78 is 19.2. The van der Waals surface area contributed by atoms with Crippen molar-refractivity contribution in [2.75, 3.05) is 0 Å². The number of ketones is 1. The molecule has 0 bridgehead atoms. The number of allylic oxidation sites excluding steroid dienone is 1. The first kappa shape index (κ1) is 20.6. The van der Waals surface area contributed by atoms with Gasteiger partial charge < -0.3 is 24.4 Å². The maximum atomic E-state index is 13.8. The molecule has 1 aliphatic carbocycles. The second kappa shape index (κ2) is 6.84. The van der Waals surface area contributed by atoms with Crippen LogP contribution in [0.15, 0.2) is 36.6 Å². The highest BCUT2D eigenvalue weighted by Crippen LogP contribution is 2.52. The molecule has 3 aliphatic heterocycles. The summed E-state index contributed by atoms with van der Waals surface area (Å²) in [6.07, 6.45) is 6.81. The molecule has 6 nitrogen and oxygen atoms in total. The molecule has 0 spiro atoms. The fourth-order valence-corrected chi connectivity index (χ4v) is 5.66. The van der Waals surface area contributed by atoms with Crippen molar-refractivity contribution in [1.82, 2.24) is 0 Å². The predicted octanol–water partition coefficient (Wildman–Crippen LogP) is 3.96. The van der Waals surface area contributed by atoms with Gasteiger partial charge in [0.25, 0.3) is 0 Å². The van der Waals surface area contributed by atoms with E-state index in [-0.39, 0.29) is 58.6 Å². The average Bonchev–Trinajstić information content (AvgIpc) is 2.68. The summed E-state index contributed by atoms with van der Waals surface area (Å²) >= 11 is 0. The van der Waals surface area contributed by atoms with Crippen LogP contribution >= 0.6 is 0 Å². The van der Waals surface area contributed by atoms with Crippen LogP contribution in [0.2, 0.25) is 0 Å². The number of phenols is 2. The van der Waals surface area contributed by atoms with Crippen LogP contribution < -0.4 is 0 Å². The number of ether oxygens (including phenoxy) is 3. The smallest absolute Gasteiger partial charge is 0.175 e. The topological polar surface area (TPSA) is 85.2 Å². The molecule has 4 aliphatic rings. The quantitative estimate of drug-likeness (QED) is 0.522. The number of fused-ring (bicyclic) bond motifs is 6. The summed E-state index contributed by atoms with van der Waals surface area (Å²) in [6.45, 7) is 8.24. The van der Waals surface area contributed by atoms with E-state index in [0.29, 0.717) is 11.1 Å². The zero-order chi connectivity index (χ0) is 22.1. The Morgan fingerprint density at radius 3 is 2.52 bits per heavy atom.